The summed E-state index contributed by atoms with van der Waals surface area (Å²) < 4.78 is 36.2. The molecule has 15 nitrogen and oxygen atoms in total. The maximum absolute atomic E-state index is 13.2. The number of nitro groups is 1. The number of azo groups is 2. The molecule has 0 aliphatic carbocycles. The first-order valence-electron chi connectivity index (χ1n) is 10.5. The number of fused-ring (bicyclic) bond motifs is 1. The molecule has 18 heteroatoms. The SMILES string of the molecule is Nc1ccc2c([O-])c(N=Nc3cc([N+](=O)[O-])ccc3O)c(S(=O)(=O)[O-])cc2c1N=Nc1ccccc1C(=O)O.[Na+].[Na+]. The van der Waals surface area contributed by atoms with Crippen LogP contribution in [0.3, 0.4) is 0 Å². The molecule has 0 amide bonds. The van der Waals surface area contributed by atoms with Gasteiger partial charge in [-0.2, -0.15) is 0 Å². The van der Waals surface area contributed by atoms with Crippen molar-refractivity contribution in [1.29, 1.82) is 0 Å². The molecule has 0 aliphatic heterocycles. The number of non-ortho nitro benzene ring substituents is 1. The van der Waals surface area contributed by atoms with Gasteiger partial charge in [0.25, 0.3) is 5.69 Å². The molecule has 4 aromatic carbocycles. The summed E-state index contributed by atoms with van der Waals surface area (Å²) in [5.41, 5.74) is 3.52. The Hall–Kier alpha value is -3.48. The summed E-state index contributed by atoms with van der Waals surface area (Å²) in [5, 5.41) is 58.0. The van der Waals surface area contributed by atoms with Gasteiger partial charge in [-0.3, -0.25) is 10.1 Å². The van der Waals surface area contributed by atoms with Crippen molar-refractivity contribution < 1.29 is 97.1 Å². The number of carbonyl (C=O) groups is 1. The Morgan fingerprint density at radius 1 is 0.878 bits per heavy atom. The zero-order valence-electron chi connectivity index (χ0n) is 21.2. The molecule has 0 saturated carbocycles. The van der Waals surface area contributed by atoms with Crippen LogP contribution in [0.15, 0.2) is 86.0 Å². The maximum Gasteiger partial charge on any atom is 1.00 e. The van der Waals surface area contributed by atoms with E-state index in [1.807, 2.05) is 0 Å². The third-order valence-corrected chi connectivity index (χ3v) is 6.16. The van der Waals surface area contributed by atoms with E-state index in [-0.39, 0.29) is 92.5 Å². The Kier molecular flexibility index (Phi) is 11.1. The molecule has 0 unspecified atom stereocenters. The second kappa shape index (κ2) is 13.5. The quantitative estimate of drug-likeness (QED) is 0.0558. The number of nitro benzene ring substituents is 1. The number of aromatic carboxylic acids is 1. The number of nitrogens with zero attached hydrogens (tertiary/aromatic N) is 5. The molecule has 0 atom stereocenters. The third-order valence-electron chi connectivity index (χ3n) is 5.31. The van der Waals surface area contributed by atoms with E-state index in [0.717, 1.165) is 24.3 Å². The topological polar surface area (TPSA) is 256 Å². The Bertz CT molecular complexity index is 1850. The van der Waals surface area contributed by atoms with E-state index in [2.05, 4.69) is 20.5 Å². The summed E-state index contributed by atoms with van der Waals surface area (Å²) in [5.74, 6) is -2.94. The number of hydrogen-bond acceptors (Lipinski definition) is 13. The van der Waals surface area contributed by atoms with E-state index in [0.29, 0.717) is 0 Å². The summed E-state index contributed by atoms with van der Waals surface area (Å²) >= 11 is 0. The minimum Gasteiger partial charge on any atom is -0.871 e. The maximum atomic E-state index is 13.2. The van der Waals surface area contributed by atoms with E-state index in [9.17, 15) is 43.2 Å². The number of rotatable bonds is 7. The number of phenolic OH excluding ortho intramolecular Hbond substituents is 1. The van der Waals surface area contributed by atoms with Gasteiger partial charge in [0.2, 0.25) is 0 Å². The molecule has 4 rings (SSSR count). The molecule has 0 bridgehead atoms. The van der Waals surface area contributed by atoms with Crippen LogP contribution in [-0.4, -0.2) is 34.1 Å². The van der Waals surface area contributed by atoms with E-state index in [1.165, 1.54) is 36.4 Å². The van der Waals surface area contributed by atoms with Crippen LogP contribution in [0.25, 0.3) is 10.8 Å². The number of aromatic hydroxyl groups is 1. The zero-order chi connectivity index (χ0) is 28.5. The summed E-state index contributed by atoms with van der Waals surface area (Å²) in [7, 11) is -5.36. The minimum absolute atomic E-state index is 0. The van der Waals surface area contributed by atoms with Crippen molar-refractivity contribution in [2.75, 3.05) is 5.73 Å². The molecule has 0 spiro atoms. The molecular formula is C23H14N6Na2O9S. The van der Waals surface area contributed by atoms with Crippen LogP contribution in [0.2, 0.25) is 0 Å². The van der Waals surface area contributed by atoms with Gasteiger partial charge in [0.1, 0.15) is 32.9 Å². The average Bonchev–Trinajstić information content (AvgIpc) is 2.87. The molecule has 0 heterocycles. The number of nitrogens with two attached hydrogens (primary N) is 1. The van der Waals surface area contributed by atoms with E-state index in [4.69, 9.17) is 5.73 Å². The average molecular weight is 596 g/mol. The summed E-state index contributed by atoms with van der Waals surface area (Å²) in [4.78, 5) is 20.6. The molecule has 4 N–H and O–H groups in total. The molecule has 0 aromatic heterocycles. The van der Waals surface area contributed by atoms with Crippen molar-refractivity contribution in [3.05, 3.63) is 76.3 Å². The third kappa shape index (κ3) is 7.24. The van der Waals surface area contributed by atoms with Crippen LogP contribution in [-0.2, 0) is 10.1 Å². The fourth-order valence-corrected chi connectivity index (χ4v) is 4.09. The Morgan fingerprint density at radius 2 is 1.51 bits per heavy atom. The predicted molar refractivity (Wildman–Crippen MR) is 132 cm³/mol. The first-order chi connectivity index (χ1) is 18.4. The standard InChI is InChI=1S/C23H16N6O9S.2Na/c24-15-7-6-12-14(20(15)27-25-16-4-2-1-3-13(16)23(32)33)10-19(39(36,37)38)21(22(12)31)28-26-17-9-11(29(34)35)5-8-18(17)30;;/h1-10,30-31H,24H2,(H,32,33)(H,36,37,38);;/q;2*+1/p-2. The van der Waals surface area contributed by atoms with Crippen LogP contribution in [0, 0.1) is 10.1 Å². The van der Waals surface area contributed by atoms with Crippen molar-refractivity contribution >= 4 is 61.0 Å². The monoisotopic (exact) mass is 596 g/mol. The smallest absolute Gasteiger partial charge is 0.871 e. The van der Waals surface area contributed by atoms with Gasteiger partial charge in [0, 0.05) is 17.5 Å². The van der Waals surface area contributed by atoms with Gasteiger partial charge in [-0.25, -0.2) is 13.2 Å². The molecule has 0 aliphatic rings. The number of phenols is 1. The number of carboxylic acids is 1. The molecule has 0 radical (unpaired) electrons. The second-order valence-corrected chi connectivity index (χ2v) is 9.11. The normalized spacial score (nSPS) is 11.3. The number of nitrogen functional groups attached to an aromatic ring is 1. The fraction of sp³-hybridized carbons (Fsp3) is 0. The first kappa shape index (κ1) is 33.7. The van der Waals surface area contributed by atoms with Crippen LogP contribution in [0.5, 0.6) is 11.5 Å². The van der Waals surface area contributed by atoms with Crippen molar-refractivity contribution in [2.45, 2.75) is 4.90 Å². The van der Waals surface area contributed by atoms with Gasteiger partial charge in [0.15, 0.2) is 0 Å². The van der Waals surface area contributed by atoms with Gasteiger partial charge in [-0.1, -0.05) is 23.9 Å². The number of carboxylic acid groups (broad SMARTS) is 1. The number of hydrogen-bond donors (Lipinski definition) is 3. The molecule has 0 fully saturated rings. The van der Waals surface area contributed by atoms with E-state index in [1.54, 1.807) is 0 Å². The first-order valence-corrected chi connectivity index (χ1v) is 11.9. The summed E-state index contributed by atoms with van der Waals surface area (Å²) in [6.07, 6.45) is 0. The second-order valence-electron chi connectivity index (χ2n) is 7.76. The molecule has 4 aromatic rings. The zero-order valence-corrected chi connectivity index (χ0v) is 26.1. The van der Waals surface area contributed by atoms with Crippen molar-refractivity contribution in [1.82, 2.24) is 0 Å². The van der Waals surface area contributed by atoms with Crippen LogP contribution in [0.4, 0.5) is 34.1 Å². The van der Waals surface area contributed by atoms with Gasteiger partial charge in [-0.05, 0) is 35.7 Å². The van der Waals surface area contributed by atoms with Gasteiger partial charge >= 0.3 is 65.1 Å². The van der Waals surface area contributed by atoms with E-state index >= 15 is 0 Å². The van der Waals surface area contributed by atoms with Crippen LogP contribution >= 0.6 is 0 Å². The fourth-order valence-electron chi connectivity index (χ4n) is 3.46. The Morgan fingerprint density at radius 3 is 2.15 bits per heavy atom. The van der Waals surface area contributed by atoms with E-state index < -0.39 is 54.5 Å². The Labute approximate surface area is 274 Å². The summed E-state index contributed by atoms with van der Waals surface area (Å²) in [6.45, 7) is 0. The van der Waals surface area contributed by atoms with Crippen molar-refractivity contribution in [3.63, 3.8) is 0 Å². The van der Waals surface area contributed by atoms with Gasteiger partial charge in [0.05, 0.1) is 26.8 Å². The van der Waals surface area contributed by atoms with Gasteiger partial charge in [-0.15, -0.1) is 20.5 Å². The molecule has 0 saturated heterocycles. The largest absolute Gasteiger partial charge is 1.00 e. The van der Waals surface area contributed by atoms with Crippen LogP contribution in [0.1, 0.15) is 10.4 Å². The molecule has 41 heavy (non-hydrogen) atoms. The predicted octanol–water partition coefficient (Wildman–Crippen LogP) is -1.45. The Balaban J connectivity index is 0.00000294. The van der Waals surface area contributed by atoms with Crippen LogP contribution < -0.4 is 70.0 Å². The van der Waals surface area contributed by atoms with Gasteiger partial charge < -0.3 is 25.6 Å². The molecular weight excluding hydrogens is 582 g/mol. The summed E-state index contributed by atoms with van der Waals surface area (Å²) in [6, 6.07) is 11.6. The number of benzene rings is 4. The van der Waals surface area contributed by atoms with Crippen molar-refractivity contribution in [3.8, 4) is 11.5 Å². The molecule has 198 valence electrons. The minimum atomic E-state index is -5.36. The number of anilines is 1. The van der Waals surface area contributed by atoms with Crippen molar-refractivity contribution in [2.24, 2.45) is 20.5 Å².